The highest BCUT2D eigenvalue weighted by atomic mass is 35.5. The molecule has 8 heteroatoms. The van der Waals surface area contributed by atoms with Crippen LogP contribution in [0.5, 0.6) is 5.75 Å². The van der Waals surface area contributed by atoms with E-state index in [-0.39, 0.29) is 11.0 Å². The minimum Gasteiger partial charge on any atom is -0.497 e. The van der Waals surface area contributed by atoms with Crippen molar-refractivity contribution in [2.75, 3.05) is 50.6 Å². The molecule has 0 unspecified atom stereocenters. The quantitative estimate of drug-likeness (QED) is 0.542. The van der Waals surface area contributed by atoms with Crippen LogP contribution in [0.4, 0.5) is 11.4 Å². The molecule has 0 spiro atoms. The van der Waals surface area contributed by atoms with Crippen molar-refractivity contribution in [3.8, 4) is 5.75 Å². The van der Waals surface area contributed by atoms with Crippen molar-refractivity contribution in [3.63, 3.8) is 0 Å². The maximum Gasteiger partial charge on any atom is 0.250 e. The molecule has 30 heavy (non-hydrogen) atoms. The van der Waals surface area contributed by atoms with Crippen molar-refractivity contribution in [1.82, 2.24) is 10.2 Å². The lowest BCUT2D eigenvalue weighted by Crippen LogP contribution is -2.44. The number of halogens is 1. The first kappa shape index (κ1) is 22.1. The fraction of sp³-hybridized carbons (Fsp3) is 0.273. The van der Waals surface area contributed by atoms with Gasteiger partial charge in [0.1, 0.15) is 5.75 Å². The molecule has 2 aromatic carbocycles. The Labute approximate surface area is 187 Å². The van der Waals surface area contributed by atoms with E-state index in [1.54, 1.807) is 13.2 Å². The minimum atomic E-state index is -0.316. The first-order valence-electron chi connectivity index (χ1n) is 9.62. The van der Waals surface area contributed by atoms with Gasteiger partial charge in [0.25, 0.3) is 0 Å². The van der Waals surface area contributed by atoms with Crippen LogP contribution in [0.3, 0.4) is 0 Å². The maximum absolute atomic E-state index is 12.1. The van der Waals surface area contributed by atoms with Crippen LogP contribution in [-0.4, -0.2) is 56.3 Å². The number of rotatable bonds is 5. The molecule has 0 atom stereocenters. The second kappa shape index (κ2) is 10.4. The van der Waals surface area contributed by atoms with Crippen molar-refractivity contribution in [2.24, 2.45) is 0 Å². The second-order valence-electron chi connectivity index (χ2n) is 7.01. The third-order valence-electron chi connectivity index (χ3n) is 4.83. The van der Waals surface area contributed by atoms with Crippen LogP contribution in [0.15, 0.2) is 48.5 Å². The number of hydrogen-bond acceptors (Lipinski definition) is 5. The van der Waals surface area contributed by atoms with Gasteiger partial charge < -0.3 is 19.9 Å². The summed E-state index contributed by atoms with van der Waals surface area (Å²) in [7, 11) is 3.73. The summed E-state index contributed by atoms with van der Waals surface area (Å²) in [5.41, 5.74) is 2.62. The Kier molecular flexibility index (Phi) is 7.68. The summed E-state index contributed by atoms with van der Waals surface area (Å²) < 4.78 is 5.12. The van der Waals surface area contributed by atoms with Gasteiger partial charge in [-0.1, -0.05) is 23.7 Å². The smallest absolute Gasteiger partial charge is 0.250 e. The largest absolute Gasteiger partial charge is 0.497 e. The van der Waals surface area contributed by atoms with E-state index in [1.165, 1.54) is 6.08 Å². The van der Waals surface area contributed by atoms with Gasteiger partial charge in [0.2, 0.25) is 5.91 Å². The highest BCUT2D eigenvalue weighted by Gasteiger charge is 2.16. The number of likely N-dealkylation sites (N-methyl/N-ethyl adjacent to an activating group) is 1. The number of hydrogen-bond donors (Lipinski definition) is 2. The number of nitrogens with zero attached hydrogens (tertiary/aromatic N) is 2. The molecule has 158 valence electrons. The lowest BCUT2D eigenvalue weighted by Gasteiger charge is -2.34. The Bertz CT molecular complexity index is 925. The van der Waals surface area contributed by atoms with E-state index in [9.17, 15) is 4.79 Å². The average molecular weight is 445 g/mol. The molecule has 0 saturated carbocycles. The fourth-order valence-electron chi connectivity index (χ4n) is 3.09. The Balaban J connectivity index is 1.53. The Morgan fingerprint density at radius 2 is 1.83 bits per heavy atom. The van der Waals surface area contributed by atoms with E-state index in [0.717, 1.165) is 48.9 Å². The van der Waals surface area contributed by atoms with Crippen LogP contribution in [0.2, 0.25) is 5.02 Å². The second-order valence-corrected chi connectivity index (χ2v) is 7.82. The summed E-state index contributed by atoms with van der Waals surface area (Å²) in [6, 6.07) is 13.1. The number of carbonyl (C=O) groups excluding carboxylic acids is 1. The van der Waals surface area contributed by atoms with Crippen LogP contribution >= 0.6 is 23.8 Å². The van der Waals surface area contributed by atoms with Crippen LogP contribution in [-0.2, 0) is 4.79 Å². The van der Waals surface area contributed by atoms with Gasteiger partial charge in [-0.05, 0) is 61.2 Å². The summed E-state index contributed by atoms with van der Waals surface area (Å²) >= 11 is 11.7. The van der Waals surface area contributed by atoms with E-state index in [4.69, 9.17) is 28.6 Å². The van der Waals surface area contributed by atoms with Crippen LogP contribution in [0.25, 0.3) is 6.08 Å². The Morgan fingerprint density at radius 1 is 1.13 bits per heavy atom. The average Bonchev–Trinajstić information content (AvgIpc) is 2.73. The monoisotopic (exact) mass is 444 g/mol. The molecule has 0 radical (unpaired) electrons. The zero-order valence-electron chi connectivity index (χ0n) is 17.0. The zero-order valence-corrected chi connectivity index (χ0v) is 18.6. The van der Waals surface area contributed by atoms with Crippen LogP contribution in [0, 0.1) is 0 Å². The van der Waals surface area contributed by atoms with E-state index in [1.807, 2.05) is 42.5 Å². The number of thiocarbonyl (C=S) groups is 1. The van der Waals surface area contributed by atoms with Crippen molar-refractivity contribution < 1.29 is 9.53 Å². The molecule has 0 aliphatic carbocycles. The van der Waals surface area contributed by atoms with Crippen LogP contribution < -0.4 is 20.3 Å². The van der Waals surface area contributed by atoms with Crippen molar-refractivity contribution in [3.05, 3.63) is 59.1 Å². The van der Waals surface area contributed by atoms with Crippen LogP contribution in [0.1, 0.15) is 5.56 Å². The molecule has 1 aliphatic rings. The predicted octanol–water partition coefficient (Wildman–Crippen LogP) is 3.63. The number of ether oxygens (including phenoxy) is 1. The first-order chi connectivity index (χ1) is 14.4. The van der Waals surface area contributed by atoms with E-state index >= 15 is 0 Å². The number of anilines is 2. The van der Waals surface area contributed by atoms with E-state index in [0.29, 0.717) is 5.02 Å². The molecule has 2 N–H and O–H groups in total. The van der Waals surface area contributed by atoms with Gasteiger partial charge in [0.05, 0.1) is 17.8 Å². The summed E-state index contributed by atoms with van der Waals surface area (Å²) in [4.78, 5) is 16.7. The topological polar surface area (TPSA) is 56.8 Å². The van der Waals surface area contributed by atoms with Crippen molar-refractivity contribution in [1.29, 1.82) is 0 Å². The normalized spacial score (nSPS) is 14.6. The summed E-state index contributed by atoms with van der Waals surface area (Å²) in [5, 5.41) is 6.50. The molecule has 0 bridgehead atoms. The SMILES string of the molecule is COc1ccc(/C=C/C(=O)NC(=S)Nc2ccc(N3CCN(C)CC3)c(Cl)c2)cc1. The lowest BCUT2D eigenvalue weighted by molar-refractivity contribution is -0.115. The van der Waals surface area contributed by atoms with Gasteiger partial charge >= 0.3 is 0 Å². The first-order valence-corrected chi connectivity index (χ1v) is 10.4. The highest BCUT2D eigenvalue weighted by Crippen LogP contribution is 2.29. The van der Waals surface area contributed by atoms with Crippen molar-refractivity contribution >= 4 is 52.3 Å². The molecule has 3 rings (SSSR count). The van der Waals surface area contributed by atoms with E-state index in [2.05, 4.69) is 27.5 Å². The molecule has 1 amide bonds. The highest BCUT2D eigenvalue weighted by molar-refractivity contribution is 7.80. The Hall–Kier alpha value is -2.61. The summed E-state index contributed by atoms with van der Waals surface area (Å²) in [6.07, 6.45) is 3.14. The molecule has 1 heterocycles. The number of piperazine rings is 1. The molecule has 1 saturated heterocycles. The third-order valence-corrected chi connectivity index (χ3v) is 5.34. The van der Waals surface area contributed by atoms with Gasteiger partial charge in [-0.2, -0.15) is 0 Å². The summed E-state index contributed by atoms with van der Waals surface area (Å²) in [6.45, 7) is 3.91. The number of amides is 1. The fourth-order valence-corrected chi connectivity index (χ4v) is 3.61. The predicted molar refractivity (Wildman–Crippen MR) is 128 cm³/mol. The molecular weight excluding hydrogens is 420 g/mol. The minimum absolute atomic E-state index is 0.211. The molecule has 1 aliphatic heterocycles. The zero-order chi connectivity index (χ0) is 21.5. The van der Waals surface area contributed by atoms with Gasteiger partial charge in [-0.15, -0.1) is 0 Å². The molecule has 0 aromatic heterocycles. The summed E-state index contributed by atoms with van der Waals surface area (Å²) in [5.74, 6) is 0.447. The standard InChI is InChI=1S/C22H25ClN4O2S/c1-26-11-13-27(14-12-26)20-9-6-17(15-19(20)23)24-22(30)25-21(28)10-5-16-3-7-18(29-2)8-4-16/h3-10,15H,11-14H2,1-2H3,(H2,24,25,28,30)/b10-5+. The molecule has 1 fully saturated rings. The van der Waals surface area contributed by atoms with Gasteiger partial charge in [-0.25, -0.2) is 0 Å². The third kappa shape index (κ3) is 6.19. The van der Waals surface area contributed by atoms with Gasteiger partial charge in [0, 0.05) is 37.9 Å². The number of nitrogens with one attached hydrogen (secondary N) is 2. The van der Waals surface area contributed by atoms with Gasteiger partial charge in [-0.3, -0.25) is 10.1 Å². The number of methoxy groups -OCH3 is 1. The van der Waals surface area contributed by atoms with Gasteiger partial charge in [0.15, 0.2) is 5.11 Å². The molecular formula is C22H25ClN4O2S. The lowest BCUT2D eigenvalue weighted by atomic mass is 10.2. The van der Waals surface area contributed by atoms with E-state index < -0.39 is 0 Å². The maximum atomic E-state index is 12.1. The molecule has 2 aromatic rings. The van der Waals surface area contributed by atoms with Crippen molar-refractivity contribution in [2.45, 2.75) is 0 Å². The number of benzene rings is 2. The Morgan fingerprint density at radius 3 is 2.47 bits per heavy atom. The number of carbonyl (C=O) groups is 1. The molecule has 6 nitrogen and oxygen atoms in total.